The molecule has 0 spiro atoms. The number of likely N-dealkylation sites (tertiary alicyclic amines) is 1. The molecule has 2 heterocycles. The first-order valence-corrected chi connectivity index (χ1v) is 8.94. The zero-order valence-electron chi connectivity index (χ0n) is 15.6. The van der Waals surface area contributed by atoms with Crippen molar-refractivity contribution in [2.75, 3.05) is 27.3 Å². The summed E-state index contributed by atoms with van der Waals surface area (Å²) < 4.78 is 16.4. The number of amides is 1. The predicted octanol–water partition coefficient (Wildman–Crippen LogP) is 3.38. The van der Waals surface area contributed by atoms with E-state index in [0.29, 0.717) is 17.3 Å². The van der Waals surface area contributed by atoms with Crippen LogP contribution in [-0.2, 0) is 6.54 Å². The van der Waals surface area contributed by atoms with Gasteiger partial charge in [0, 0.05) is 5.56 Å². The lowest BCUT2D eigenvalue weighted by molar-refractivity contribution is 0.0908. The maximum atomic E-state index is 12.5. The van der Waals surface area contributed by atoms with E-state index in [4.69, 9.17) is 13.9 Å². The predicted molar refractivity (Wildman–Crippen MR) is 98.6 cm³/mol. The number of methoxy groups -OCH3 is 2. The molecule has 0 saturated carbocycles. The average molecular weight is 358 g/mol. The number of nitrogens with one attached hydrogen (secondary N) is 1. The van der Waals surface area contributed by atoms with Crippen LogP contribution in [0.25, 0.3) is 0 Å². The van der Waals surface area contributed by atoms with Crippen molar-refractivity contribution in [1.29, 1.82) is 0 Å². The second-order valence-electron chi connectivity index (χ2n) is 6.55. The van der Waals surface area contributed by atoms with E-state index in [-0.39, 0.29) is 11.9 Å². The van der Waals surface area contributed by atoms with Crippen LogP contribution in [0.2, 0.25) is 0 Å². The van der Waals surface area contributed by atoms with Gasteiger partial charge in [-0.15, -0.1) is 0 Å². The number of carbonyl (C=O) groups is 1. The Morgan fingerprint density at radius 3 is 2.65 bits per heavy atom. The van der Waals surface area contributed by atoms with Crippen LogP contribution in [0.3, 0.4) is 0 Å². The summed E-state index contributed by atoms with van der Waals surface area (Å²) in [4.78, 5) is 14.9. The normalized spacial score (nSPS) is 15.7. The van der Waals surface area contributed by atoms with Crippen molar-refractivity contribution in [3.05, 3.63) is 47.4 Å². The molecule has 1 unspecified atom stereocenters. The Morgan fingerprint density at radius 2 is 1.96 bits per heavy atom. The molecule has 3 rings (SSSR count). The van der Waals surface area contributed by atoms with E-state index in [1.807, 2.05) is 31.2 Å². The molecule has 1 aliphatic rings. The molecule has 0 aliphatic carbocycles. The van der Waals surface area contributed by atoms with Crippen LogP contribution in [0.1, 0.15) is 47.7 Å². The van der Waals surface area contributed by atoms with Crippen molar-refractivity contribution in [2.24, 2.45) is 0 Å². The first-order valence-electron chi connectivity index (χ1n) is 8.94. The highest BCUT2D eigenvalue weighted by atomic mass is 16.5. The smallest absolute Gasteiger partial charge is 0.287 e. The largest absolute Gasteiger partial charge is 0.497 e. The van der Waals surface area contributed by atoms with Gasteiger partial charge in [0.1, 0.15) is 17.3 Å². The van der Waals surface area contributed by atoms with Crippen LogP contribution in [-0.4, -0.2) is 38.1 Å². The van der Waals surface area contributed by atoms with E-state index in [1.165, 1.54) is 12.8 Å². The van der Waals surface area contributed by atoms with Crippen LogP contribution in [0.15, 0.2) is 34.7 Å². The molecule has 1 aromatic carbocycles. The summed E-state index contributed by atoms with van der Waals surface area (Å²) in [6.45, 7) is 4.85. The summed E-state index contributed by atoms with van der Waals surface area (Å²) in [5.41, 5.74) is 0.851. The molecule has 6 heteroatoms. The topological polar surface area (TPSA) is 63.9 Å². The van der Waals surface area contributed by atoms with Crippen molar-refractivity contribution >= 4 is 5.91 Å². The number of ether oxygens (including phenoxy) is 2. The van der Waals surface area contributed by atoms with Crippen LogP contribution in [0.5, 0.6) is 11.5 Å². The Hall–Kier alpha value is -2.47. The quantitative estimate of drug-likeness (QED) is 0.822. The van der Waals surface area contributed by atoms with Gasteiger partial charge in [0.05, 0.1) is 26.8 Å². The summed E-state index contributed by atoms with van der Waals surface area (Å²) in [6, 6.07) is 8.89. The van der Waals surface area contributed by atoms with E-state index >= 15 is 0 Å². The lowest BCUT2D eigenvalue weighted by Gasteiger charge is -2.17. The number of rotatable bonds is 7. The second kappa shape index (κ2) is 8.27. The number of furan rings is 1. The Kier molecular flexibility index (Phi) is 5.83. The van der Waals surface area contributed by atoms with E-state index < -0.39 is 0 Å². The Morgan fingerprint density at radius 1 is 1.19 bits per heavy atom. The molecular formula is C20H26N2O4. The lowest BCUT2D eigenvalue weighted by atomic mass is 10.1. The third kappa shape index (κ3) is 4.19. The van der Waals surface area contributed by atoms with Crippen LogP contribution in [0.4, 0.5) is 0 Å². The molecule has 140 valence electrons. The van der Waals surface area contributed by atoms with E-state index in [2.05, 4.69) is 10.2 Å². The van der Waals surface area contributed by atoms with Gasteiger partial charge >= 0.3 is 0 Å². The van der Waals surface area contributed by atoms with E-state index in [0.717, 1.165) is 31.0 Å². The van der Waals surface area contributed by atoms with Crippen LogP contribution < -0.4 is 14.8 Å². The highest BCUT2D eigenvalue weighted by molar-refractivity contribution is 5.91. The SMILES string of the molecule is COc1ccc(OC)c(C(C)NC(=O)c2ccc(CN3CCCC3)o2)c1. The Balaban J connectivity index is 1.66. The lowest BCUT2D eigenvalue weighted by Crippen LogP contribution is -2.26. The van der Waals surface area contributed by atoms with Gasteiger partial charge in [0.25, 0.3) is 5.91 Å². The number of nitrogens with zero attached hydrogens (tertiary/aromatic N) is 1. The molecule has 1 amide bonds. The number of hydrogen-bond acceptors (Lipinski definition) is 5. The van der Waals surface area contributed by atoms with Crippen molar-refractivity contribution < 1.29 is 18.7 Å². The first-order chi connectivity index (χ1) is 12.6. The fraction of sp³-hybridized carbons (Fsp3) is 0.450. The zero-order valence-corrected chi connectivity index (χ0v) is 15.6. The third-order valence-corrected chi connectivity index (χ3v) is 4.71. The molecular weight excluding hydrogens is 332 g/mol. The minimum atomic E-state index is -0.250. The minimum absolute atomic E-state index is 0.241. The van der Waals surface area contributed by atoms with Gasteiger partial charge in [0.2, 0.25) is 0 Å². The molecule has 6 nitrogen and oxygen atoms in total. The van der Waals surface area contributed by atoms with Gasteiger partial charge in [0.15, 0.2) is 5.76 Å². The fourth-order valence-electron chi connectivity index (χ4n) is 3.27. The average Bonchev–Trinajstić information content (AvgIpc) is 3.33. The van der Waals surface area contributed by atoms with Gasteiger partial charge in [-0.05, 0) is 63.2 Å². The van der Waals surface area contributed by atoms with Crippen molar-refractivity contribution in [2.45, 2.75) is 32.4 Å². The molecule has 1 atom stereocenters. The molecule has 1 N–H and O–H groups in total. The van der Waals surface area contributed by atoms with Gasteiger partial charge in [-0.3, -0.25) is 9.69 Å². The molecule has 1 aromatic heterocycles. The van der Waals surface area contributed by atoms with Crippen molar-refractivity contribution in [3.63, 3.8) is 0 Å². The standard InChI is InChI=1S/C20H26N2O4/c1-14(17-12-15(24-2)6-8-18(17)25-3)21-20(23)19-9-7-16(26-19)13-22-10-4-5-11-22/h6-9,12,14H,4-5,10-11,13H2,1-3H3,(H,21,23). The fourth-order valence-corrected chi connectivity index (χ4v) is 3.27. The number of carbonyl (C=O) groups excluding carboxylic acids is 1. The van der Waals surface area contributed by atoms with Crippen LogP contribution in [0, 0.1) is 0 Å². The maximum Gasteiger partial charge on any atom is 0.287 e. The Bertz CT molecular complexity index is 750. The molecule has 1 saturated heterocycles. The van der Waals surface area contributed by atoms with Gasteiger partial charge in [-0.1, -0.05) is 0 Å². The highest BCUT2D eigenvalue weighted by Gasteiger charge is 2.19. The Labute approximate surface area is 154 Å². The van der Waals surface area contributed by atoms with E-state index in [1.54, 1.807) is 20.3 Å². The highest BCUT2D eigenvalue weighted by Crippen LogP contribution is 2.29. The summed E-state index contributed by atoms with van der Waals surface area (Å²) >= 11 is 0. The maximum absolute atomic E-state index is 12.5. The number of hydrogen-bond donors (Lipinski definition) is 1. The second-order valence-corrected chi connectivity index (χ2v) is 6.55. The van der Waals surface area contributed by atoms with Gasteiger partial charge in [-0.2, -0.15) is 0 Å². The summed E-state index contributed by atoms with van der Waals surface area (Å²) in [6.07, 6.45) is 2.46. The summed E-state index contributed by atoms with van der Waals surface area (Å²) in [5, 5.41) is 2.96. The molecule has 0 bridgehead atoms. The van der Waals surface area contributed by atoms with Gasteiger partial charge in [-0.25, -0.2) is 0 Å². The third-order valence-electron chi connectivity index (χ3n) is 4.71. The zero-order chi connectivity index (χ0) is 18.5. The van der Waals surface area contributed by atoms with E-state index in [9.17, 15) is 4.79 Å². The van der Waals surface area contributed by atoms with Crippen molar-refractivity contribution in [1.82, 2.24) is 10.2 Å². The monoisotopic (exact) mass is 358 g/mol. The summed E-state index contributed by atoms with van der Waals surface area (Å²) in [5.74, 6) is 2.33. The van der Waals surface area contributed by atoms with Gasteiger partial charge < -0.3 is 19.2 Å². The molecule has 0 radical (unpaired) electrons. The summed E-state index contributed by atoms with van der Waals surface area (Å²) in [7, 11) is 3.22. The first kappa shape index (κ1) is 18.3. The number of benzene rings is 1. The van der Waals surface area contributed by atoms with Crippen LogP contribution >= 0.6 is 0 Å². The minimum Gasteiger partial charge on any atom is -0.497 e. The molecule has 1 aliphatic heterocycles. The molecule has 26 heavy (non-hydrogen) atoms. The molecule has 2 aromatic rings. The van der Waals surface area contributed by atoms with Crippen molar-refractivity contribution in [3.8, 4) is 11.5 Å². The molecule has 1 fully saturated rings.